The van der Waals surface area contributed by atoms with E-state index in [2.05, 4.69) is 5.32 Å². The van der Waals surface area contributed by atoms with E-state index in [1.807, 2.05) is 0 Å². The summed E-state index contributed by atoms with van der Waals surface area (Å²) in [6, 6.07) is 0. The van der Waals surface area contributed by atoms with Crippen LogP contribution < -0.4 is 11.1 Å². The smallest absolute Gasteiger partial charge is 0.325 e. The summed E-state index contributed by atoms with van der Waals surface area (Å²) in [4.78, 5) is 0. The molecule has 0 unspecified atom stereocenters. The Bertz CT molecular complexity index is 210. The minimum Gasteiger partial charge on any atom is -0.325 e. The Hall–Kier alpha value is -0.290. The first-order chi connectivity index (χ1) is 7.91. The lowest BCUT2D eigenvalue weighted by Gasteiger charge is -2.23. The van der Waals surface area contributed by atoms with E-state index in [0.717, 1.165) is 25.8 Å². The number of unbranched alkanes of at least 4 members (excludes halogenated alkanes) is 1. The largest absolute Gasteiger partial charge is 0.389 e. The Morgan fingerprint density at radius 3 is 2.29 bits per heavy atom. The molecule has 0 spiro atoms. The summed E-state index contributed by atoms with van der Waals surface area (Å²) >= 11 is 0. The van der Waals surface area contributed by atoms with E-state index >= 15 is 0 Å². The summed E-state index contributed by atoms with van der Waals surface area (Å²) in [7, 11) is 0. The van der Waals surface area contributed by atoms with E-state index < -0.39 is 12.6 Å². The summed E-state index contributed by atoms with van der Waals surface area (Å²) < 4.78 is 35.5. The Morgan fingerprint density at radius 1 is 1.06 bits per heavy atom. The monoisotopic (exact) mass is 252 g/mol. The van der Waals surface area contributed by atoms with Gasteiger partial charge in [-0.05, 0) is 45.2 Å². The maximum atomic E-state index is 11.8. The highest BCUT2D eigenvalue weighted by Gasteiger charge is 2.28. The minimum atomic E-state index is -4.01. The van der Waals surface area contributed by atoms with Crippen molar-refractivity contribution in [1.29, 1.82) is 0 Å². The van der Waals surface area contributed by atoms with Crippen LogP contribution in [0, 0.1) is 0 Å². The SMILES string of the molecule is NC1(CCNCCCCC(F)(F)F)CCCC1. The third-order valence-electron chi connectivity index (χ3n) is 3.46. The molecule has 1 aliphatic rings. The number of hydrogen-bond acceptors (Lipinski definition) is 2. The third-order valence-corrected chi connectivity index (χ3v) is 3.46. The normalized spacial score (nSPS) is 19.8. The lowest BCUT2D eigenvalue weighted by atomic mass is 9.95. The summed E-state index contributed by atoms with van der Waals surface area (Å²) in [5.74, 6) is 0. The first kappa shape index (κ1) is 14.8. The average molecular weight is 252 g/mol. The van der Waals surface area contributed by atoms with Crippen LogP contribution in [0.5, 0.6) is 0 Å². The average Bonchev–Trinajstić information content (AvgIpc) is 2.62. The molecule has 0 radical (unpaired) electrons. The molecule has 0 bridgehead atoms. The minimum absolute atomic E-state index is 0.0149. The molecule has 1 rings (SSSR count). The van der Waals surface area contributed by atoms with Crippen molar-refractivity contribution in [2.75, 3.05) is 13.1 Å². The van der Waals surface area contributed by atoms with E-state index in [9.17, 15) is 13.2 Å². The second-order valence-electron chi connectivity index (χ2n) is 5.14. The number of nitrogens with one attached hydrogen (secondary N) is 1. The first-order valence-electron chi connectivity index (χ1n) is 6.48. The van der Waals surface area contributed by atoms with Gasteiger partial charge >= 0.3 is 6.18 Å². The lowest BCUT2D eigenvalue weighted by molar-refractivity contribution is -0.135. The van der Waals surface area contributed by atoms with Crippen LogP contribution in [0.15, 0.2) is 0 Å². The van der Waals surface area contributed by atoms with Crippen LogP contribution in [0.4, 0.5) is 13.2 Å². The van der Waals surface area contributed by atoms with Gasteiger partial charge in [-0.15, -0.1) is 0 Å². The van der Waals surface area contributed by atoms with E-state index in [0.29, 0.717) is 13.0 Å². The van der Waals surface area contributed by atoms with Gasteiger partial charge in [0.25, 0.3) is 0 Å². The van der Waals surface area contributed by atoms with Gasteiger partial charge in [0.05, 0.1) is 0 Å². The molecule has 0 aromatic carbocycles. The highest BCUT2D eigenvalue weighted by Crippen LogP contribution is 2.29. The number of nitrogens with two attached hydrogens (primary N) is 1. The Kier molecular flexibility index (Phi) is 5.73. The van der Waals surface area contributed by atoms with Gasteiger partial charge in [0.1, 0.15) is 0 Å². The zero-order chi connectivity index (χ0) is 12.8. The Labute approximate surface area is 101 Å². The van der Waals surface area contributed by atoms with Crippen LogP contribution in [0.3, 0.4) is 0 Å². The Balaban J connectivity index is 1.91. The standard InChI is InChI=1S/C12H23F3N2/c13-12(14,15)7-3-4-9-17-10-8-11(16)5-1-2-6-11/h17H,1-10,16H2. The molecule has 0 atom stereocenters. The maximum absolute atomic E-state index is 11.8. The molecule has 0 aliphatic heterocycles. The number of halogens is 3. The summed E-state index contributed by atoms with van der Waals surface area (Å²) in [6.45, 7) is 1.48. The predicted molar refractivity (Wildman–Crippen MR) is 62.8 cm³/mol. The molecule has 102 valence electrons. The van der Waals surface area contributed by atoms with Crippen molar-refractivity contribution in [3.8, 4) is 0 Å². The number of hydrogen-bond donors (Lipinski definition) is 2. The van der Waals surface area contributed by atoms with Gasteiger partial charge in [0, 0.05) is 12.0 Å². The zero-order valence-corrected chi connectivity index (χ0v) is 10.3. The molecule has 0 aromatic rings. The van der Waals surface area contributed by atoms with Gasteiger partial charge in [-0.3, -0.25) is 0 Å². The highest BCUT2D eigenvalue weighted by atomic mass is 19.4. The molecule has 1 saturated carbocycles. The molecule has 3 N–H and O–H groups in total. The molecule has 0 amide bonds. The predicted octanol–water partition coefficient (Wildman–Crippen LogP) is 2.97. The van der Waals surface area contributed by atoms with Gasteiger partial charge in [-0.2, -0.15) is 13.2 Å². The van der Waals surface area contributed by atoms with Crippen LogP contribution >= 0.6 is 0 Å². The molecule has 2 nitrogen and oxygen atoms in total. The lowest BCUT2D eigenvalue weighted by Crippen LogP contribution is -2.39. The second kappa shape index (κ2) is 6.59. The van der Waals surface area contributed by atoms with Crippen LogP contribution in [0.25, 0.3) is 0 Å². The highest BCUT2D eigenvalue weighted by molar-refractivity contribution is 4.89. The fourth-order valence-corrected chi connectivity index (χ4v) is 2.37. The summed E-state index contributed by atoms with van der Waals surface area (Å²) in [5, 5.41) is 3.18. The Morgan fingerprint density at radius 2 is 1.71 bits per heavy atom. The topological polar surface area (TPSA) is 38.0 Å². The molecule has 0 aromatic heterocycles. The van der Waals surface area contributed by atoms with Crippen LogP contribution in [-0.4, -0.2) is 24.8 Å². The van der Waals surface area contributed by atoms with Crippen LogP contribution in [0.2, 0.25) is 0 Å². The van der Waals surface area contributed by atoms with Gasteiger partial charge in [-0.25, -0.2) is 0 Å². The van der Waals surface area contributed by atoms with Gasteiger partial charge in [0.2, 0.25) is 0 Å². The molecule has 0 saturated heterocycles. The van der Waals surface area contributed by atoms with Gasteiger partial charge in [0.15, 0.2) is 0 Å². The number of alkyl halides is 3. The van der Waals surface area contributed by atoms with Gasteiger partial charge in [-0.1, -0.05) is 12.8 Å². The van der Waals surface area contributed by atoms with E-state index in [1.165, 1.54) is 12.8 Å². The molecule has 17 heavy (non-hydrogen) atoms. The van der Waals surface area contributed by atoms with Gasteiger partial charge < -0.3 is 11.1 Å². The fourth-order valence-electron chi connectivity index (χ4n) is 2.37. The van der Waals surface area contributed by atoms with Crippen molar-refractivity contribution in [3.05, 3.63) is 0 Å². The van der Waals surface area contributed by atoms with Crippen molar-refractivity contribution >= 4 is 0 Å². The van der Waals surface area contributed by atoms with E-state index in [1.54, 1.807) is 0 Å². The van der Waals surface area contributed by atoms with Crippen molar-refractivity contribution in [2.45, 2.75) is 63.1 Å². The molecular weight excluding hydrogens is 229 g/mol. The summed E-state index contributed by atoms with van der Waals surface area (Å²) in [6.07, 6.45) is 1.64. The molecule has 1 aliphatic carbocycles. The van der Waals surface area contributed by atoms with E-state index in [4.69, 9.17) is 5.73 Å². The molecule has 0 heterocycles. The van der Waals surface area contributed by atoms with Crippen molar-refractivity contribution < 1.29 is 13.2 Å². The summed E-state index contributed by atoms with van der Waals surface area (Å²) in [5.41, 5.74) is 6.15. The molecular formula is C12H23F3N2. The molecule has 5 heteroatoms. The maximum Gasteiger partial charge on any atom is 0.389 e. The second-order valence-corrected chi connectivity index (χ2v) is 5.14. The fraction of sp³-hybridized carbons (Fsp3) is 1.00. The van der Waals surface area contributed by atoms with Crippen molar-refractivity contribution in [3.63, 3.8) is 0 Å². The van der Waals surface area contributed by atoms with Crippen molar-refractivity contribution in [2.24, 2.45) is 5.73 Å². The van der Waals surface area contributed by atoms with Crippen LogP contribution in [0.1, 0.15) is 51.4 Å². The number of rotatable bonds is 7. The van der Waals surface area contributed by atoms with Crippen LogP contribution in [-0.2, 0) is 0 Å². The zero-order valence-electron chi connectivity index (χ0n) is 10.3. The first-order valence-corrected chi connectivity index (χ1v) is 6.48. The van der Waals surface area contributed by atoms with E-state index in [-0.39, 0.29) is 12.0 Å². The molecule has 1 fully saturated rings. The third kappa shape index (κ3) is 6.88. The van der Waals surface area contributed by atoms with Crippen molar-refractivity contribution in [1.82, 2.24) is 5.32 Å². The quantitative estimate of drug-likeness (QED) is 0.684.